The van der Waals surface area contributed by atoms with Crippen LogP contribution in [0, 0.1) is 18.7 Å². The normalized spacial score (nSPS) is 22.7. The van der Waals surface area contributed by atoms with E-state index in [-0.39, 0.29) is 5.82 Å². The van der Waals surface area contributed by atoms with Crippen LogP contribution in [0.25, 0.3) is 0 Å². The van der Waals surface area contributed by atoms with Gasteiger partial charge in [-0.25, -0.2) is 4.39 Å². The van der Waals surface area contributed by atoms with Crippen molar-refractivity contribution in [3.63, 3.8) is 0 Å². The number of hydrogen-bond donors (Lipinski definition) is 1. The first-order valence-corrected chi connectivity index (χ1v) is 7.33. The highest BCUT2D eigenvalue weighted by atomic mass is 19.1. The maximum absolute atomic E-state index is 13.8. The van der Waals surface area contributed by atoms with E-state index in [1.54, 1.807) is 19.1 Å². The SMILES string of the molecule is CCNC1CCCC1CCOc1cccc(C)c1F. The van der Waals surface area contributed by atoms with Gasteiger partial charge in [-0.05, 0) is 50.3 Å². The maximum Gasteiger partial charge on any atom is 0.167 e. The molecule has 2 nitrogen and oxygen atoms in total. The summed E-state index contributed by atoms with van der Waals surface area (Å²) in [5, 5.41) is 3.53. The standard InChI is InChI=1S/C16H24FNO/c1-3-18-14-8-5-7-13(14)10-11-19-15-9-4-6-12(2)16(15)17/h4,6,9,13-14,18H,3,5,7-8,10-11H2,1-2H3. The van der Waals surface area contributed by atoms with E-state index >= 15 is 0 Å². The number of rotatable bonds is 6. The van der Waals surface area contributed by atoms with Crippen LogP contribution in [0.4, 0.5) is 4.39 Å². The molecular weight excluding hydrogens is 241 g/mol. The molecule has 1 aromatic rings. The number of nitrogens with one attached hydrogen (secondary N) is 1. The molecule has 0 aromatic heterocycles. The van der Waals surface area contributed by atoms with Crippen molar-refractivity contribution in [2.75, 3.05) is 13.2 Å². The zero-order valence-corrected chi connectivity index (χ0v) is 11.9. The van der Waals surface area contributed by atoms with Gasteiger partial charge in [0.05, 0.1) is 6.61 Å². The summed E-state index contributed by atoms with van der Waals surface area (Å²) in [6.07, 6.45) is 4.82. The van der Waals surface area contributed by atoms with Gasteiger partial charge < -0.3 is 10.1 Å². The molecule has 0 aliphatic heterocycles. The van der Waals surface area contributed by atoms with Crippen LogP contribution in [-0.2, 0) is 0 Å². The topological polar surface area (TPSA) is 21.3 Å². The molecule has 106 valence electrons. The zero-order valence-electron chi connectivity index (χ0n) is 11.9. The second-order valence-electron chi connectivity index (χ2n) is 5.38. The molecule has 1 aliphatic carbocycles. The number of ether oxygens (including phenoxy) is 1. The van der Waals surface area contributed by atoms with Gasteiger partial charge >= 0.3 is 0 Å². The van der Waals surface area contributed by atoms with Crippen LogP contribution in [0.2, 0.25) is 0 Å². The van der Waals surface area contributed by atoms with Crippen LogP contribution >= 0.6 is 0 Å². The van der Waals surface area contributed by atoms with Crippen LogP contribution < -0.4 is 10.1 Å². The minimum Gasteiger partial charge on any atom is -0.490 e. The van der Waals surface area contributed by atoms with Crippen molar-refractivity contribution in [3.05, 3.63) is 29.6 Å². The molecule has 2 rings (SSSR count). The highest BCUT2D eigenvalue weighted by Gasteiger charge is 2.26. The number of benzene rings is 1. The first-order chi connectivity index (χ1) is 9.22. The predicted octanol–water partition coefficient (Wildman–Crippen LogP) is 3.68. The van der Waals surface area contributed by atoms with Crippen LogP contribution in [0.15, 0.2) is 18.2 Å². The van der Waals surface area contributed by atoms with E-state index in [2.05, 4.69) is 12.2 Å². The molecule has 1 saturated carbocycles. The van der Waals surface area contributed by atoms with Crippen molar-refractivity contribution in [1.82, 2.24) is 5.32 Å². The fraction of sp³-hybridized carbons (Fsp3) is 0.625. The van der Waals surface area contributed by atoms with Gasteiger partial charge in [-0.15, -0.1) is 0 Å². The van der Waals surface area contributed by atoms with Gasteiger partial charge in [0.25, 0.3) is 0 Å². The van der Waals surface area contributed by atoms with Crippen LogP contribution in [0.5, 0.6) is 5.75 Å². The molecule has 1 fully saturated rings. The summed E-state index contributed by atoms with van der Waals surface area (Å²) < 4.78 is 19.4. The molecule has 0 spiro atoms. The maximum atomic E-state index is 13.8. The lowest BCUT2D eigenvalue weighted by Crippen LogP contribution is -2.32. The second kappa shape index (κ2) is 6.90. The van der Waals surface area contributed by atoms with Crippen molar-refractivity contribution in [1.29, 1.82) is 0 Å². The average molecular weight is 265 g/mol. The Morgan fingerprint density at radius 3 is 3.00 bits per heavy atom. The lowest BCUT2D eigenvalue weighted by atomic mass is 10.00. The largest absolute Gasteiger partial charge is 0.490 e. The van der Waals surface area contributed by atoms with E-state index in [0.717, 1.165) is 13.0 Å². The summed E-state index contributed by atoms with van der Waals surface area (Å²) in [5.74, 6) is 0.836. The first-order valence-electron chi connectivity index (χ1n) is 7.33. The van der Waals surface area contributed by atoms with E-state index in [9.17, 15) is 4.39 Å². The minimum atomic E-state index is -0.225. The minimum absolute atomic E-state index is 0.225. The molecule has 2 atom stereocenters. The fourth-order valence-corrected chi connectivity index (χ4v) is 2.97. The van der Waals surface area contributed by atoms with Gasteiger partial charge in [0, 0.05) is 6.04 Å². The van der Waals surface area contributed by atoms with Crippen LogP contribution in [0.1, 0.15) is 38.2 Å². The molecule has 1 aliphatic rings. The van der Waals surface area contributed by atoms with Crippen molar-refractivity contribution in [2.45, 2.75) is 45.6 Å². The van der Waals surface area contributed by atoms with Crippen molar-refractivity contribution in [3.8, 4) is 5.75 Å². The summed E-state index contributed by atoms with van der Waals surface area (Å²) in [4.78, 5) is 0. The molecular formula is C16H24FNO. The molecule has 2 unspecified atom stereocenters. The Kier molecular flexibility index (Phi) is 5.20. The molecule has 0 bridgehead atoms. The van der Waals surface area contributed by atoms with Gasteiger partial charge in [0.2, 0.25) is 0 Å². The lowest BCUT2D eigenvalue weighted by molar-refractivity contribution is 0.252. The zero-order chi connectivity index (χ0) is 13.7. The summed E-state index contributed by atoms with van der Waals surface area (Å²) in [6.45, 7) is 5.54. The monoisotopic (exact) mass is 265 g/mol. The Morgan fingerprint density at radius 2 is 2.21 bits per heavy atom. The van der Waals surface area contributed by atoms with Crippen LogP contribution in [-0.4, -0.2) is 19.2 Å². The van der Waals surface area contributed by atoms with Crippen molar-refractivity contribution < 1.29 is 9.13 Å². The highest BCUT2D eigenvalue weighted by Crippen LogP contribution is 2.29. The van der Waals surface area contributed by atoms with Gasteiger partial charge in [-0.1, -0.05) is 25.5 Å². The third-order valence-electron chi connectivity index (χ3n) is 4.03. The number of aryl methyl sites for hydroxylation is 1. The van der Waals surface area contributed by atoms with E-state index in [0.29, 0.717) is 29.9 Å². The van der Waals surface area contributed by atoms with E-state index in [1.165, 1.54) is 19.3 Å². The van der Waals surface area contributed by atoms with E-state index < -0.39 is 0 Å². The number of halogens is 1. The molecule has 3 heteroatoms. The van der Waals surface area contributed by atoms with Gasteiger partial charge in [-0.3, -0.25) is 0 Å². The predicted molar refractivity (Wildman–Crippen MR) is 76.1 cm³/mol. The lowest BCUT2D eigenvalue weighted by Gasteiger charge is -2.20. The molecule has 0 amide bonds. The quantitative estimate of drug-likeness (QED) is 0.847. The molecule has 0 saturated heterocycles. The summed E-state index contributed by atoms with van der Waals surface area (Å²) in [5.41, 5.74) is 0.642. The summed E-state index contributed by atoms with van der Waals surface area (Å²) >= 11 is 0. The van der Waals surface area contributed by atoms with Gasteiger partial charge in [0.15, 0.2) is 11.6 Å². The Labute approximate surface area is 115 Å². The van der Waals surface area contributed by atoms with E-state index in [4.69, 9.17) is 4.74 Å². The van der Waals surface area contributed by atoms with Crippen molar-refractivity contribution in [2.24, 2.45) is 5.92 Å². The van der Waals surface area contributed by atoms with E-state index in [1.807, 2.05) is 6.07 Å². The van der Waals surface area contributed by atoms with Crippen LogP contribution in [0.3, 0.4) is 0 Å². The summed E-state index contributed by atoms with van der Waals surface area (Å²) in [7, 11) is 0. The summed E-state index contributed by atoms with van der Waals surface area (Å²) in [6, 6.07) is 5.93. The molecule has 1 N–H and O–H groups in total. The Morgan fingerprint density at radius 1 is 1.37 bits per heavy atom. The van der Waals surface area contributed by atoms with Gasteiger partial charge in [0.1, 0.15) is 0 Å². The Bertz CT molecular complexity index is 408. The second-order valence-corrected chi connectivity index (χ2v) is 5.38. The third-order valence-corrected chi connectivity index (χ3v) is 4.03. The smallest absolute Gasteiger partial charge is 0.167 e. The Balaban J connectivity index is 1.81. The Hall–Kier alpha value is -1.09. The molecule has 19 heavy (non-hydrogen) atoms. The third kappa shape index (κ3) is 3.69. The highest BCUT2D eigenvalue weighted by molar-refractivity contribution is 5.29. The van der Waals surface area contributed by atoms with Crippen molar-refractivity contribution >= 4 is 0 Å². The van der Waals surface area contributed by atoms with Gasteiger partial charge in [-0.2, -0.15) is 0 Å². The number of hydrogen-bond acceptors (Lipinski definition) is 2. The fourth-order valence-electron chi connectivity index (χ4n) is 2.97. The average Bonchev–Trinajstić information content (AvgIpc) is 2.83. The first kappa shape index (κ1) is 14.3. The molecule has 0 radical (unpaired) electrons. The molecule has 1 aromatic carbocycles. The molecule has 0 heterocycles.